The minimum absolute atomic E-state index is 0.254. The Bertz CT molecular complexity index is 2140. The standard InChI is InChI=1S/C33H23N5O3/c1-39-26-16-13-21(17-27(26)40-2)28-23-14-11-19-7-3-5-9-22(19)30(23)41-33-29(28)32-36-31(37-38(32)18-34-33)25-15-12-20-8-4-6-10-24(20)35-25/h3-18,28H,1-2H3/t28-/m0/s1. The molecule has 0 saturated heterocycles. The molecule has 8 nitrogen and oxygen atoms in total. The summed E-state index contributed by atoms with van der Waals surface area (Å²) in [6, 6.07) is 30.4. The summed E-state index contributed by atoms with van der Waals surface area (Å²) in [5.41, 5.74) is 5.04. The Morgan fingerprint density at radius 3 is 2.46 bits per heavy atom. The Kier molecular flexibility index (Phi) is 5.15. The van der Waals surface area contributed by atoms with Crippen LogP contribution in [0.25, 0.3) is 38.8 Å². The number of rotatable bonds is 4. The van der Waals surface area contributed by atoms with Crippen molar-refractivity contribution in [3.05, 3.63) is 114 Å². The summed E-state index contributed by atoms with van der Waals surface area (Å²) in [6.07, 6.45) is 1.65. The van der Waals surface area contributed by atoms with Crippen LogP contribution in [0, 0.1) is 0 Å². The van der Waals surface area contributed by atoms with Crippen LogP contribution in [0.3, 0.4) is 0 Å². The molecule has 4 aromatic carbocycles. The third kappa shape index (κ3) is 3.61. The van der Waals surface area contributed by atoms with E-state index in [1.54, 1.807) is 25.1 Å². The molecule has 198 valence electrons. The zero-order chi connectivity index (χ0) is 27.5. The van der Waals surface area contributed by atoms with Gasteiger partial charge in [0.25, 0.3) is 0 Å². The summed E-state index contributed by atoms with van der Waals surface area (Å²) in [4.78, 5) is 14.5. The highest BCUT2D eigenvalue weighted by molar-refractivity contribution is 5.91. The molecule has 0 amide bonds. The molecule has 8 rings (SSSR count). The number of pyridine rings is 1. The van der Waals surface area contributed by atoms with Gasteiger partial charge in [0.1, 0.15) is 17.8 Å². The van der Waals surface area contributed by atoms with E-state index < -0.39 is 0 Å². The van der Waals surface area contributed by atoms with Crippen molar-refractivity contribution in [1.29, 1.82) is 0 Å². The molecule has 8 heteroatoms. The van der Waals surface area contributed by atoms with Crippen molar-refractivity contribution in [2.75, 3.05) is 14.2 Å². The van der Waals surface area contributed by atoms with Crippen molar-refractivity contribution in [3.8, 4) is 34.6 Å². The largest absolute Gasteiger partial charge is 0.493 e. The third-order valence-electron chi connectivity index (χ3n) is 7.66. The summed E-state index contributed by atoms with van der Waals surface area (Å²) >= 11 is 0. The minimum atomic E-state index is -0.254. The van der Waals surface area contributed by atoms with Gasteiger partial charge in [0.05, 0.1) is 25.3 Å². The van der Waals surface area contributed by atoms with Gasteiger partial charge in [-0.1, -0.05) is 66.7 Å². The lowest BCUT2D eigenvalue weighted by Gasteiger charge is -2.29. The fourth-order valence-corrected chi connectivity index (χ4v) is 5.72. The van der Waals surface area contributed by atoms with E-state index in [0.717, 1.165) is 44.1 Å². The molecule has 3 aromatic heterocycles. The predicted molar refractivity (Wildman–Crippen MR) is 156 cm³/mol. The molecule has 0 saturated carbocycles. The van der Waals surface area contributed by atoms with E-state index in [9.17, 15) is 0 Å². The van der Waals surface area contributed by atoms with Gasteiger partial charge in [0.2, 0.25) is 11.7 Å². The van der Waals surface area contributed by atoms with Gasteiger partial charge in [-0.05, 0) is 35.2 Å². The molecule has 1 aliphatic rings. The van der Waals surface area contributed by atoms with Crippen LogP contribution in [0.4, 0.5) is 0 Å². The van der Waals surface area contributed by atoms with E-state index in [0.29, 0.717) is 34.5 Å². The maximum atomic E-state index is 6.56. The SMILES string of the molecule is COc1ccc([C@H]2c3ccc4ccccc4c3Oc3ncn4nc(-c5ccc6ccccc6n5)nc4c32)cc1OC. The number of ether oxygens (including phenoxy) is 3. The molecular formula is C33H23N5O3. The number of aromatic nitrogens is 5. The van der Waals surface area contributed by atoms with E-state index in [1.807, 2.05) is 66.7 Å². The van der Waals surface area contributed by atoms with Gasteiger partial charge in [-0.15, -0.1) is 5.10 Å². The quantitative estimate of drug-likeness (QED) is 0.244. The number of hydrogen-bond acceptors (Lipinski definition) is 7. The second-order valence-electron chi connectivity index (χ2n) is 9.91. The minimum Gasteiger partial charge on any atom is -0.493 e. The van der Waals surface area contributed by atoms with E-state index in [1.165, 1.54) is 0 Å². The molecule has 7 aromatic rings. The fraction of sp³-hybridized carbons (Fsp3) is 0.0909. The Labute approximate surface area is 234 Å². The molecule has 0 radical (unpaired) electrons. The van der Waals surface area contributed by atoms with Crippen LogP contribution in [0.15, 0.2) is 97.3 Å². The fourth-order valence-electron chi connectivity index (χ4n) is 5.72. The van der Waals surface area contributed by atoms with Gasteiger partial charge in [0, 0.05) is 22.3 Å². The molecule has 0 spiro atoms. The monoisotopic (exact) mass is 537 g/mol. The number of benzene rings is 4. The summed E-state index contributed by atoms with van der Waals surface area (Å²) in [5.74, 6) is 2.83. The maximum Gasteiger partial charge on any atom is 0.228 e. The molecule has 0 aliphatic carbocycles. The second-order valence-corrected chi connectivity index (χ2v) is 9.91. The van der Waals surface area contributed by atoms with Crippen LogP contribution in [-0.2, 0) is 0 Å². The number of para-hydroxylation sites is 1. The molecule has 41 heavy (non-hydrogen) atoms. The number of methoxy groups -OCH3 is 2. The lowest BCUT2D eigenvalue weighted by Crippen LogP contribution is -2.15. The van der Waals surface area contributed by atoms with Gasteiger partial charge in [-0.3, -0.25) is 0 Å². The lowest BCUT2D eigenvalue weighted by molar-refractivity contribution is 0.354. The summed E-state index contributed by atoms with van der Waals surface area (Å²) in [6.45, 7) is 0. The summed E-state index contributed by atoms with van der Waals surface area (Å²) < 4.78 is 19.5. The lowest BCUT2D eigenvalue weighted by atomic mass is 9.82. The van der Waals surface area contributed by atoms with Crippen molar-refractivity contribution in [2.45, 2.75) is 5.92 Å². The van der Waals surface area contributed by atoms with Crippen LogP contribution < -0.4 is 14.2 Å². The third-order valence-corrected chi connectivity index (χ3v) is 7.66. The highest BCUT2D eigenvalue weighted by Crippen LogP contribution is 2.51. The zero-order valence-electron chi connectivity index (χ0n) is 22.3. The van der Waals surface area contributed by atoms with E-state index in [4.69, 9.17) is 34.3 Å². The molecule has 0 fully saturated rings. The topological polar surface area (TPSA) is 83.7 Å². The van der Waals surface area contributed by atoms with Crippen LogP contribution >= 0.6 is 0 Å². The van der Waals surface area contributed by atoms with Crippen molar-refractivity contribution in [2.24, 2.45) is 0 Å². The molecule has 0 unspecified atom stereocenters. The van der Waals surface area contributed by atoms with Crippen molar-refractivity contribution >= 4 is 27.3 Å². The van der Waals surface area contributed by atoms with Gasteiger partial charge < -0.3 is 14.2 Å². The maximum absolute atomic E-state index is 6.56. The normalized spacial score (nSPS) is 14.0. The summed E-state index contributed by atoms with van der Waals surface area (Å²) in [7, 11) is 3.27. The van der Waals surface area contributed by atoms with E-state index in [2.05, 4.69) is 24.3 Å². The molecule has 1 aliphatic heterocycles. The summed E-state index contributed by atoms with van der Waals surface area (Å²) in [5, 5.41) is 7.94. The average molecular weight is 538 g/mol. The Morgan fingerprint density at radius 1 is 0.780 bits per heavy atom. The van der Waals surface area contributed by atoms with Crippen molar-refractivity contribution in [1.82, 2.24) is 24.6 Å². The highest BCUT2D eigenvalue weighted by atomic mass is 16.5. The first-order chi connectivity index (χ1) is 20.2. The van der Waals surface area contributed by atoms with Crippen LogP contribution in [0.1, 0.15) is 22.6 Å². The van der Waals surface area contributed by atoms with Crippen molar-refractivity contribution in [3.63, 3.8) is 0 Å². The first-order valence-electron chi connectivity index (χ1n) is 13.2. The van der Waals surface area contributed by atoms with Crippen LogP contribution in [0.2, 0.25) is 0 Å². The first kappa shape index (κ1) is 23.4. The number of nitrogens with zero attached hydrogens (tertiary/aromatic N) is 5. The molecule has 1 atom stereocenters. The van der Waals surface area contributed by atoms with Gasteiger partial charge in [-0.25, -0.2) is 19.5 Å². The predicted octanol–water partition coefficient (Wildman–Crippen LogP) is 6.80. The first-order valence-corrected chi connectivity index (χ1v) is 13.2. The Balaban J connectivity index is 1.38. The Morgan fingerprint density at radius 2 is 1.59 bits per heavy atom. The van der Waals surface area contributed by atoms with E-state index in [-0.39, 0.29) is 5.92 Å². The molecule has 4 heterocycles. The Hall–Kier alpha value is -5.50. The number of fused-ring (bicyclic) bond motifs is 7. The van der Waals surface area contributed by atoms with Gasteiger partial charge >= 0.3 is 0 Å². The van der Waals surface area contributed by atoms with Crippen LogP contribution in [-0.4, -0.2) is 38.8 Å². The van der Waals surface area contributed by atoms with E-state index >= 15 is 0 Å². The molecule has 0 bridgehead atoms. The second kappa shape index (κ2) is 9.02. The van der Waals surface area contributed by atoms with Gasteiger partial charge in [-0.2, -0.15) is 0 Å². The molecular weight excluding hydrogens is 514 g/mol. The number of hydrogen-bond donors (Lipinski definition) is 0. The van der Waals surface area contributed by atoms with Gasteiger partial charge in [0.15, 0.2) is 17.1 Å². The van der Waals surface area contributed by atoms with Crippen LogP contribution in [0.5, 0.6) is 23.1 Å². The molecule has 0 N–H and O–H groups in total. The average Bonchev–Trinajstić information content (AvgIpc) is 3.48. The van der Waals surface area contributed by atoms with Crippen molar-refractivity contribution < 1.29 is 14.2 Å². The zero-order valence-corrected chi connectivity index (χ0v) is 22.3. The smallest absolute Gasteiger partial charge is 0.228 e. The highest BCUT2D eigenvalue weighted by Gasteiger charge is 2.35.